The second-order valence-corrected chi connectivity index (χ2v) is 12.1. The Labute approximate surface area is 241 Å². The zero-order valence-electron chi connectivity index (χ0n) is 23.1. The predicted molar refractivity (Wildman–Crippen MR) is 164 cm³/mol. The maximum atomic E-state index is 5.65. The van der Waals surface area contributed by atoms with E-state index in [-0.39, 0.29) is 17.8 Å². The fraction of sp³-hybridized carbons (Fsp3) is 0.179. The number of aryl methyl sites for hydroxylation is 1. The molecule has 0 radical (unpaired) electrons. The highest BCUT2D eigenvalue weighted by Gasteiger charge is 2.45. The molecule has 4 aliphatic rings. The van der Waals surface area contributed by atoms with Crippen molar-refractivity contribution >= 4 is 0 Å². The molecule has 2 nitrogen and oxygen atoms in total. The van der Waals surface area contributed by atoms with Crippen LogP contribution in [-0.4, -0.2) is 9.97 Å². The van der Waals surface area contributed by atoms with Crippen LogP contribution in [0.25, 0.3) is 11.3 Å². The van der Waals surface area contributed by atoms with Crippen molar-refractivity contribution in [1.82, 2.24) is 9.97 Å². The van der Waals surface area contributed by atoms with Crippen LogP contribution in [0.4, 0.5) is 0 Å². The zero-order chi connectivity index (χ0) is 27.1. The Balaban J connectivity index is 1.39. The van der Waals surface area contributed by atoms with Gasteiger partial charge in [-0.15, -0.1) is 0 Å². The number of hydrogen-bond donors (Lipinski definition) is 0. The Bertz CT molecular complexity index is 1930. The standard InChI is InChI=1S/C39H30N2/c1-23-20-27-16-18-30-34(24-10-4-2-5-11-24)38-39(41-37-29-15-9-8-14-26(29)22-32(37)40-38)35(25-12-6-3-7-13-25)31-19-17-28(21-23)33(27)36(30)31/h2-15,18-21,34-36H,16-17,22H2,1H3. The summed E-state index contributed by atoms with van der Waals surface area (Å²) in [6.45, 7) is 2.24. The summed E-state index contributed by atoms with van der Waals surface area (Å²) in [5.74, 6) is 0.353. The zero-order valence-corrected chi connectivity index (χ0v) is 23.1. The minimum absolute atomic E-state index is 0.0549. The lowest BCUT2D eigenvalue weighted by Crippen LogP contribution is -2.23. The van der Waals surface area contributed by atoms with E-state index in [2.05, 4.69) is 116 Å². The number of allylic oxidation sites excluding steroid dienone is 4. The molecule has 3 atom stereocenters. The lowest BCUT2D eigenvalue weighted by atomic mass is 9.66. The molecule has 41 heavy (non-hydrogen) atoms. The summed E-state index contributed by atoms with van der Waals surface area (Å²) in [6, 6.07) is 35.7. The first-order valence-electron chi connectivity index (χ1n) is 14.9. The summed E-state index contributed by atoms with van der Waals surface area (Å²) in [5, 5.41) is 0. The fourth-order valence-electron chi connectivity index (χ4n) is 8.10. The largest absolute Gasteiger partial charge is 0.252 e. The summed E-state index contributed by atoms with van der Waals surface area (Å²) >= 11 is 0. The molecule has 196 valence electrons. The van der Waals surface area contributed by atoms with Gasteiger partial charge in [0.2, 0.25) is 0 Å². The number of benzene rings is 4. The van der Waals surface area contributed by atoms with Crippen LogP contribution in [0.2, 0.25) is 0 Å². The van der Waals surface area contributed by atoms with E-state index in [0.29, 0.717) is 0 Å². The first kappa shape index (κ1) is 23.2. The van der Waals surface area contributed by atoms with Crippen LogP contribution < -0.4 is 0 Å². The summed E-state index contributed by atoms with van der Waals surface area (Å²) in [4.78, 5) is 11.3. The first-order valence-corrected chi connectivity index (χ1v) is 14.9. The Morgan fingerprint density at radius 1 is 0.585 bits per heavy atom. The molecule has 0 aliphatic heterocycles. The highest BCUT2D eigenvalue weighted by Crippen LogP contribution is 2.58. The van der Waals surface area contributed by atoms with Gasteiger partial charge in [0.05, 0.1) is 34.6 Å². The van der Waals surface area contributed by atoms with Crippen LogP contribution in [0.1, 0.15) is 73.8 Å². The minimum Gasteiger partial charge on any atom is -0.252 e. The maximum absolute atomic E-state index is 5.65. The van der Waals surface area contributed by atoms with Gasteiger partial charge in [-0.25, -0.2) is 4.98 Å². The molecule has 0 N–H and O–H groups in total. The fourth-order valence-corrected chi connectivity index (χ4v) is 8.10. The third-order valence-corrected chi connectivity index (χ3v) is 9.70. The van der Waals surface area contributed by atoms with E-state index in [1.54, 1.807) is 0 Å². The van der Waals surface area contributed by atoms with Gasteiger partial charge < -0.3 is 0 Å². The van der Waals surface area contributed by atoms with E-state index in [1.165, 1.54) is 55.7 Å². The quantitative estimate of drug-likeness (QED) is 0.212. The van der Waals surface area contributed by atoms with E-state index in [9.17, 15) is 0 Å². The van der Waals surface area contributed by atoms with Gasteiger partial charge in [0.15, 0.2) is 0 Å². The van der Waals surface area contributed by atoms with Crippen LogP contribution >= 0.6 is 0 Å². The van der Waals surface area contributed by atoms with Gasteiger partial charge >= 0.3 is 0 Å². The molecule has 4 aromatic carbocycles. The maximum Gasteiger partial charge on any atom is 0.0927 e. The number of fused-ring (bicyclic) bond motifs is 4. The van der Waals surface area contributed by atoms with E-state index in [0.717, 1.165) is 42.0 Å². The smallest absolute Gasteiger partial charge is 0.0927 e. The summed E-state index contributed by atoms with van der Waals surface area (Å²) in [5.41, 5.74) is 18.4. The Morgan fingerprint density at radius 3 is 1.78 bits per heavy atom. The SMILES string of the molecule is Cc1cc2c3c(c1)CC=C1C3C(=CC2)C(c2ccccc2)c2nc3c(nc2C1c1ccccc1)-c1ccccc1C3. The molecule has 5 aromatic rings. The molecule has 0 saturated carbocycles. The van der Waals surface area contributed by atoms with Crippen molar-refractivity contribution in [3.8, 4) is 11.3 Å². The van der Waals surface area contributed by atoms with Crippen molar-refractivity contribution in [3.63, 3.8) is 0 Å². The average Bonchev–Trinajstić information content (AvgIpc) is 3.31. The number of rotatable bonds is 2. The van der Waals surface area contributed by atoms with Crippen molar-refractivity contribution in [3.05, 3.63) is 176 Å². The first-order chi connectivity index (χ1) is 20.2. The third-order valence-electron chi connectivity index (χ3n) is 9.70. The molecular formula is C39H30N2. The van der Waals surface area contributed by atoms with E-state index < -0.39 is 0 Å². The van der Waals surface area contributed by atoms with Crippen molar-refractivity contribution in [2.75, 3.05) is 0 Å². The van der Waals surface area contributed by atoms with Crippen LogP contribution in [0.5, 0.6) is 0 Å². The van der Waals surface area contributed by atoms with Crippen molar-refractivity contribution < 1.29 is 0 Å². The topological polar surface area (TPSA) is 25.8 Å². The Kier molecular flexibility index (Phi) is 4.93. The monoisotopic (exact) mass is 526 g/mol. The second kappa shape index (κ2) is 8.72. The molecule has 4 aliphatic carbocycles. The van der Waals surface area contributed by atoms with Gasteiger partial charge in [0.25, 0.3) is 0 Å². The van der Waals surface area contributed by atoms with E-state index >= 15 is 0 Å². The van der Waals surface area contributed by atoms with Crippen LogP contribution in [0.3, 0.4) is 0 Å². The van der Waals surface area contributed by atoms with Gasteiger partial charge in [-0.1, -0.05) is 115 Å². The lowest BCUT2D eigenvalue weighted by molar-refractivity contribution is 0.730. The van der Waals surface area contributed by atoms with Gasteiger partial charge in [0, 0.05) is 17.9 Å². The third kappa shape index (κ3) is 3.37. The molecule has 9 rings (SSSR count). The predicted octanol–water partition coefficient (Wildman–Crippen LogP) is 8.38. The number of hydrogen-bond acceptors (Lipinski definition) is 2. The Hall–Kier alpha value is -4.56. The van der Waals surface area contributed by atoms with Gasteiger partial charge in [0.1, 0.15) is 0 Å². The van der Waals surface area contributed by atoms with Crippen LogP contribution in [-0.2, 0) is 19.3 Å². The minimum atomic E-state index is 0.0549. The normalized spacial score (nSPS) is 21.0. The molecule has 0 spiro atoms. The van der Waals surface area contributed by atoms with Gasteiger partial charge in [-0.05, 0) is 64.3 Å². The van der Waals surface area contributed by atoms with Crippen molar-refractivity contribution in [2.24, 2.45) is 0 Å². The number of nitrogens with zero attached hydrogens (tertiary/aromatic N) is 2. The molecule has 2 heteroatoms. The highest BCUT2D eigenvalue weighted by atomic mass is 14.9. The molecule has 0 saturated heterocycles. The van der Waals surface area contributed by atoms with E-state index in [1.807, 2.05) is 0 Å². The van der Waals surface area contributed by atoms with Gasteiger partial charge in [-0.3, -0.25) is 4.98 Å². The van der Waals surface area contributed by atoms with Crippen molar-refractivity contribution in [2.45, 2.75) is 43.9 Å². The molecule has 0 fully saturated rings. The van der Waals surface area contributed by atoms with E-state index in [4.69, 9.17) is 9.97 Å². The molecule has 3 unspecified atom stereocenters. The summed E-state index contributed by atoms with van der Waals surface area (Å²) in [6.07, 6.45) is 7.86. The number of aromatic nitrogens is 2. The molecule has 0 bridgehead atoms. The molecule has 1 heterocycles. The summed E-state index contributed by atoms with van der Waals surface area (Å²) in [7, 11) is 0. The molecular weight excluding hydrogens is 496 g/mol. The lowest BCUT2D eigenvalue weighted by Gasteiger charge is -2.37. The Morgan fingerprint density at radius 2 is 1.15 bits per heavy atom. The van der Waals surface area contributed by atoms with Gasteiger partial charge in [-0.2, -0.15) is 0 Å². The molecule has 0 amide bonds. The van der Waals surface area contributed by atoms with Crippen molar-refractivity contribution in [1.29, 1.82) is 0 Å². The van der Waals surface area contributed by atoms with Crippen LogP contribution in [0, 0.1) is 6.92 Å². The second-order valence-electron chi connectivity index (χ2n) is 12.1. The van der Waals surface area contributed by atoms with Crippen LogP contribution in [0.15, 0.2) is 120 Å². The summed E-state index contributed by atoms with van der Waals surface area (Å²) < 4.78 is 0. The molecule has 1 aromatic heterocycles. The highest BCUT2D eigenvalue weighted by molar-refractivity contribution is 5.74. The average molecular weight is 527 g/mol.